The molecular weight excluding hydrogens is 294 g/mol. The van der Waals surface area contributed by atoms with Crippen LogP contribution in [0.15, 0.2) is 24.3 Å². The lowest BCUT2D eigenvalue weighted by molar-refractivity contribution is 0.269. The van der Waals surface area contributed by atoms with Crippen LogP contribution in [-0.4, -0.2) is 25.8 Å². The largest absolute Gasteiger partial charge is 0.218 e. The molecule has 1 aliphatic heterocycles. The Balaban J connectivity index is 2.03. The average Bonchev–Trinajstić information content (AvgIpc) is 2.47. The Morgan fingerprint density at radius 1 is 1.25 bits per heavy atom. The van der Waals surface area contributed by atoms with Gasteiger partial charge in [0.2, 0.25) is 10.0 Å². The molecule has 0 atom stereocenters. The zero-order valence-electron chi connectivity index (χ0n) is 11.9. The van der Waals surface area contributed by atoms with E-state index in [9.17, 15) is 8.42 Å². The third-order valence-corrected chi connectivity index (χ3v) is 6.20. The first-order chi connectivity index (χ1) is 9.55. The van der Waals surface area contributed by atoms with E-state index >= 15 is 0 Å². The molecular formula is C15H22ClNO2S. The molecule has 0 bridgehead atoms. The number of halogens is 1. The van der Waals surface area contributed by atoms with Crippen LogP contribution in [-0.2, 0) is 21.7 Å². The van der Waals surface area contributed by atoms with Gasteiger partial charge in [-0.3, -0.25) is 0 Å². The lowest BCUT2D eigenvalue weighted by Crippen LogP contribution is -2.39. The van der Waals surface area contributed by atoms with Crippen molar-refractivity contribution in [2.24, 2.45) is 5.92 Å². The highest BCUT2D eigenvalue weighted by atomic mass is 35.5. The van der Waals surface area contributed by atoms with Crippen molar-refractivity contribution in [2.75, 3.05) is 13.1 Å². The van der Waals surface area contributed by atoms with Gasteiger partial charge in [0.1, 0.15) is 0 Å². The minimum absolute atomic E-state index is 0.0779. The molecule has 0 aromatic heterocycles. The van der Waals surface area contributed by atoms with Gasteiger partial charge in [0.05, 0.1) is 5.75 Å². The highest BCUT2D eigenvalue weighted by Gasteiger charge is 2.27. The van der Waals surface area contributed by atoms with Gasteiger partial charge in [-0.05, 0) is 29.9 Å². The van der Waals surface area contributed by atoms with Crippen LogP contribution in [0.4, 0.5) is 0 Å². The summed E-state index contributed by atoms with van der Waals surface area (Å²) in [6.07, 6.45) is 3.11. The lowest BCUT2D eigenvalue weighted by Gasteiger charge is -2.30. The van der Waals surface area contributed by atoms with Crippen molar-refractivity contribution < 1.29 is 8.42 Å². The number of piperidine rings is 1. The van der Waals surface area contributed by atoms with Crippen LogP contribution >= 0.6 is 11.6 Å². The van der Waals surface area contributed by atoms with Gasteiger partial charge in [0.25, 0.3) is 0 Å². The SMILES string of the molecule is CCC1CCN(S(=O)(=O)Cc2cccc(CCl)c2)CC1. The first-order valence-corrected chi connectivity index (χ1v) is 9.31. The molecule has 112 valence electrons. The van der Waals surface area contributed by atoms with Crippen molar-refractivity contribution >= 4 is 21.6 Å². The number of benzene rings is 1. The number of hydrogen-bond donors (Lipinski definition) is 0. The molecule has 3 nitrogen and oxygen atoms in total. The summed E-state index contributed by atoms with van der Waals surface area (Å²) in [4.78, 5) is 0. The number of hydrogen-bond acceptors (Lipinski definition) is 2. The van der Waals surface area contributed by atoms with E-state index < -0.39 is 10.0 Å². The molecule has 0 unspecified atom stereocenters. The van der Waals surface area contributed by atoms with Crippen LogP contribution in [0.25, 0.3) is 0 Å². The minimum Gasteiger partial charge on any atom is -0.212 e. The Morgan fingerprint density at radius 3 is 2.50 bits per heavy atom. The molecule has 0 N–H and O–H groups in total. The van der Waals surface area contributed by atoms with Crippen LogP contribution in [0.3, 0.4) is 0 Å². The maximum Gasteiger partial charge on any atom is 0.218 e. The second-order valence-corrected chi connectivity index (χ2v) is 7.70. The Hall–Kier alpha value is -0.580. The summed E-state index contributed by atoms with van der Waals surface area (Å²) < 4.78 is 26.5. The third kappa shape index (κ3) is 3.96. The Bertz CT molecular complexity index is 537. The Kier molecular flexibility index (Phi) is 5.47. The Morgan fingerprint density at radius 2 is 1.90 bits per heavy atom. The summed E-state index contributed by atoms with van der Waals surface area (Å²) in [6.45, 7) is 3.50. The first kappa shape index (κ1) is 15.8. The predicted molar refractivity (Wildman–Crippen MR) is 83.2 cm³/mol. The van der Waals surface area contributed by atoms with E-state index in [0.29, 0.717) is 24.9 Å². The number of sulfonamides is 1. The first-order valence-electron chi connectivity index (χ1n) is 7.16. The van der Waals surface area contributed by atoms with Gasteiger partial charge >= 0.3 is 0 Å². The van der Waals surface area contributed by atoms with Crippen molar-refractivity contribution in [1.82, 2.24) is 4.31 Å². The lowest BCUT2D eigenvalue weighted by atomic mass is 9.96. The second kappa shape index (κ2) is 6.92. The van der Waals surface area contributed by atoms with Gasteiger partial charge in [0, 0.05) is 19.0 Å². The normalized spacial score (nSPS) is 18.3. The molecule has 0 amide bonds. The zero-order chi connectivity index (χ0) is 14.6. The summed E-state index contributed by atoms with van der Waals surface area (Å²) in [7, 11) is -3.20. The van der Waals surface area contributed by atoms with Gasteiger partial charge in [0.15, 0.2) is 0 Å². The van der Waals surface area contributed by atoms with E-state index in [2.05, 4.69) is 6.92 Å². The third-order valence-electron chi connectivity index (χ3n) is 4.04. The van der Waals surface area contributed by atoms with Crippen LogP contribution in [0.1, 0.15) is 37.3 Å². The standard InChI is InChI=1S/C15H22ClNO2S/c1-2-13-6-8-17(9-7-13)20(18,19)12-15-5-3-4-14(10-15)11-16/h3-5,10,13H,2,6-9,11-12H2,1H3. The highest BCUT2D eigenvalue weighted by molar-refractivity contribution is 7.88. The topological polar surface area (TPSA) is 37.4 Å². The summed E-state index contributed by atoms with van der Waals surface area (Å²) in [5, 5.41) is 0. The zero-order valence-corrected chi connectivity index (χ0v) is 13.5. The summed E-state index contributed by atoms with van der Waals surface area (Å²) in [6, 6.07) is 7.51. The van der Waals surface area contributed by atoms with Gasteiger partial charge in [-0.1, -0.05) is 37.6 Å². The Labute approximate surface area is 127 Å². The summed E-state index contributed by atoms with van der Waals surface area (Å²) in [5.74, 6) is 1.17. The van der Waals surface area contributed by atoms with E-state index in [1.54, 1.807) is 4.31 Å². The van der Waals surface area contributed by atoms with Crippen LogP contribution < -0.4 is 0 Å². The maximum atomic E-state index is 12.4. The summed E-state index contributed by atoms with van der Waals surface area (Å²) in [5.41, 5.74) is 1.78. The molecule has 1 aromatic carbocycles. The van der Waals surface area contributed by atoms with E-state index in [-0.39, 0.29) is 5.75 Å². The van der Waals surface area contributed by atoms with Crippen molar-refractivity contribution in [1.29, 1.82) is 0 Å². The molecule has 1 fully saturated rings. The number of rotatable bonds is 5. The van der Waals surface area contributed by atoms with Gasteiger partial charge in [-0.25, -0.2) is 12.7 Å². The highest BCUT2D eigenvalue weighted by Crippen LogP contribution is 2.23. The fourth-order valence-corrected chi connectivity index (χ4v) is 4.42. The van der Waals surface area contributed by atoms with Gasteiger partial charge in [-0.2, -0.15) is 0 Å². The molecule has 1 saturated heterocycles. The number of nitrogens with zero attached hydrogens (tertiary/aromatic N) is 1. The quantitative estimate of drug-likeness (QED) is 0.781. The second-order valence-electron chi connectivity index (χ2n) is 5.46. The van der Waals surface area contributed by atoms with Gasteiger partial charge in [-0.15, -0.1) is 11.6 Å². The maximum absolute atomic E-state index is 12.4. The smallest absolute Gasteiger partial charge is 0.212 e. The fraction of sp³-hybridized carbons (Fsp3) is 0.600. The van der Waals surface area contributed by atoms with Crippen molar-refractivity contribution in [3.05, 3.63) is 35.4 Å². The molecule has 20 heavy (non-hydrogen) atoms. The van der Waals surface area contributed by atoms with Crippen LogP contribution in [0.2, 0.25) is 0 Å². The summed E-state index contributed by atoms with van der Waals surface area (Å²) >= 11 is 5.79. The van der Waals surface area contributed by atoms with Gasteiger partial charge < -0.3 is 0 Å². The monoisotopic (exact) mass is 315 g/mol. The molecule has 5 heteroatoms. The van der Waals surface area contributed by atoms with Crippen LogP contribution in [0.5, 0.6) is 0 Å². The molecule has 0 radical (unpaired) electrons. The molecule has 0 spiro atoms. The molecule has 0 aliphatic carbocycles. The minimum atomic E-state index is -3.20. The molecule has 1 heterocycles. The molecule has 0 saturated carbocycles. The number of alkyl halides is 1. The average molecular weight is 316 g/mol. The fourth-order valence-electron chi connectivity index (χ4n) is 2.70. The van der Waals surface area contributed by atoms with Crippen LogP contribution in [0, 0.1) is 5.92 Å². The van der Waals surface area contributed by atoms with Crippen molar-refractivity contribution in [3.63, 3.8) is 0 Å². The molecule has 1 aromatic rings. The van der Waals surface area contributed by atoms with E-state index in [0.717, 1.165) is 30.4 Å². The van der Waals surface area contributed by atoms with E-state index in [4.69, 9.17) is 11.6 Å². The molecule has 1 aliphatic rings. The van der Waals surface area contributed by atoms with Crippen molar-refractivity contribution in [2.45, 2.75) is 37.8 Å². The van der Waals surface area contributed by atoms with E-state index in [1.807, 2.05) is 24.3 Å². The van der Waals surface area contributed by atoms with Crippen molar-refractivity contribution in [3.8, 4) is 0 Å². The van der Waals surface area contributed by atoms with E-state index in [1.165, 1.54) is 0 Å². The molecule has 2 rings (SSSR count). The predicted octanol–water partition coefficient (Wildman–Crippen LogP) is 3.38.